The van der Waals surface area contributed by atoms with Gasteiger partial charge in [-0.1, -0.05) is 42.8 Å². The van der Waals surface area contributed by atoms with Crippen LogP contribution in [0.3, 0.4) is 0 Å². The lowest BCUT2D eigenvalue weighted by atomic mass is 9.59. The molecule has 2 aromatic carbocycles. The summed E-state index contributed by atoms with van der Waals surface area (Å²) in [6, 6.07) is 14.8. The molecule has 1 saturated carbocycles. The molecule has 3 rings (SSSR count). The maximum atomic E-state index is 13.2. The molecule has 1 fully saturated rings. The number of benzene rings is 2. The zero-order valence-corrected chi connectivity index (χ0v) is 11.6. The number of aliphatic hydroxyl groups is 1. The predicted octanol–water partition coefficient (Wildman–Crippen LogP) is 4.29. The first kappa shape index (κ1) is 13.3. The molecule has 0 bridgehead atoms. The van der Waals surface area contributed by atoms with Crippen molar-refractivity contribution in [2.45, 2.75) is 37.7 Å². The van der Waals surface area contributed by atoms with Gasteiger partial charge in [-0.25, -0.2) is 4.39 Å². The maximum absolute atomic E-state index is 13.2. The number of halogens is 1. The zero-order chi connectivity index (χ0) is 14.2. The van der Waals surface area contributed by atoms with Crippen LogP contribution in [0, 0.1) is 12.7 Å². The van der Waals surface area contributed by atoms with Crippen LogP contribution >= 0.6 is 0 Å². The van der Waals surface area contributed by atoms with Gasteiger partial charge in [0.15, 0.2) is 0 Å². The molecule has 2 aromatic rings. The SMILES string of the molecule is Cc1cc(F)ccc1C(O)C1(c2ccccc2)CCC1. The molecular weight excluding hydrogens is 251 g/mol. The second kappa shape index (κ2) is 5.02. The Morgan fingerprint density at radius 2 is 1.80 bits per heavy atom. The predicted molar refractivity (Wildman–Crippen MR) is 78.1 cm³/mol. The Hall–Kier alpha value is -1.67. The van der Waals surface area contributed by atoms with E-state index in [-0.39, 0.29) is 11.2 Å². The summed E-state index contributed by atoms with van der Waals surface area (Å²) in [5.74, 6) is -0.249. The summed E-state index contributed by atoms with van der Waals surface area (Å²) in [4.78, 5) is 0. The van der Waals surface area contributed by atoms with Crippen LogP contribution in [0.2, 0.25) is 0 Å². The molecule has 0 amide bonds. The summed E-state index contributed by atoms with van der Waals surface area (Å²) in [6.45, 7) is 1.86. The van der Waals surface area contributed by atoms with Crippen LogP contribution in [-0.2, 0) is 5.41 Å². The Morgan fingerprint density at radius 1 is 1.10 bits per heavy atom. The van der Waals surface area contributed by atoms with Crippen molar-refractivity contribution in [3.63, 3.8) is 0 Å². The van der Waals surface area contributed by atoms with Crippen molar-refractivity contribution in [3.8, 4) is 0 Å². The van der Waals surface area contributed by atoms with Crippen LogP contribution in [0.4, 0.5) is 4.39 Å². The minimum atomic E-state index is -0.570. The van der Waals surface area contributed by atoms with Crippen LogP contribution in [0.15, 0.2) is 48.5 Å². The van der Waals surface area contributed by atoms with E-state index in [1.54, 1.807) is 6.07 Å². The second-order valence-corrected chi connectivity index (χ2v) is 5.78. The fourth-order valence-corrected chi connectivity index (χ4v) is 3.29. The normalized spacial score (nSPS) is 18.4. The number of aryl methyl sites for hydroxylation is 1. The van der Waals surface area contributed by atoms with Gasteiger partial charge in [-0.3, -0.25) is 0 Å². The first-order chi connectivity index (χ1) is 9.63. The van der Waals surface area contributed by atoms with Gasteiger partial charge in [0.2, 0.25) is 0 Å². The number of aliphatic hydroxyl groups excluding tert-OH is 1. The Kier molecular flexibility index (Phi) is 3.35. The Labute approximate surface area is 119 Å². The van der Waals surface area contributed by atoms with Crippen molar-refractivity contribution in [2.75, 3.05) is 0 Å². The average Bonchev–Trinajstić information content (AvgIpc) is 2.38. The molecule has 0 spiro atoms. The van der Waals surface area contributed by atoms with Crippen LogP contribution in [0.1, 0.15) is 42.1 Å². The molecule has 1 nitrogen and oxygen atoms in total. The first-order valence-electron chi connectivity index (χ1n) is 7.13. The highest BCUT2D eigenvalue weighted by Crippen LogP contribution is 2.52. The lowest BCUT2D eigenvalue weighted by Gasteiger charge is -2.46. The smallest absolute Gasteiger partial charge is 0.123 e. The highest BCUT2D eigenvalue weighted by Gasteiger charge is 2.45. The van der Waals surface area contributed by atoms with Crippen LogP contribution in [0.5, 0.6) is 0 Å². The van der Waals surface area contributed by atoms with Crippen LogP contribution in [0.25, 0.3) is 0 Å². The molecule has 1 atom stereocenters. The Bertz CT molecular complexity index is 602. The molecule has 0 saturated heterocycles. The van der Waals surface area contributed by atoms with E-state index < -0.39 is 6.10 Å². The fourth-order valence-electron chi connectivity index (χ4n) is 3.29. The Morgan fingerprint density at radius 3 is 2.35 bits per heavy atom. The standard InChI is InChI=1S/C18H19FO/c1-13-12-15(19)8-9-16(13)17(20)18(10-5-11-18)14-6-3-2-4-7-14/h2-4,6-9,12,17,20H,5,10-11H2,1H3. The molecule has 0 heterocycles. The largest absolute Gasteiger partial charge is 0.387 e. The van der Waals surface area contributed by atoms with Gasteiger partial charge in [-0.2, -0.15) is 0 Å². The third kappa shape index (κ3) is 2.04. The summed E-state index contributed by atoms with van der Waals surface area (Å²) in [7, 11) is 0. The van der Waals surface area contributed by atoms with Gasteiger partial charge in [-0.15, -0.1) is 0 Å². The van der Waals surface area contributed by atoms with E-state index >= 15 is 0 Å². The van der Waals surface area contributed by atoms with Crippen LogP contribution in [-0.4, -0.2) is 5.11 Å². The zero-order valence-electron chi connectivity index (χ0n) is 11.6. The molecule has 0 aromatic heterocycles. The van der Waals surface area contributed by atoms with Gasteiger partial charge < -0.3 is 5.11 Å². The van der Waals surface area contributed by atoms with Gasteiger partial charge in [-0.05, 0) is 48.6 Å². The average molecular weight is 270 g/mol. The van der Waals surface area contributed by atoms with Crippen molar-refractivity contribution in [3.05, 3.63) is 71.0 Å². The monoisotopic (exact) mass is 270 g/mol. The Balaban J connectivity index is 2.01. The third-order valence-electron chi connectivity index (χ3n) is 4.64. The van der Waals surface area contributed by atoms with Crippen molar-refractivity contribution < 1.29 is 9.50 Å². The minimum Gasteiger partial charge on any atom is -0.387 e. The van der Waals surface area contributed by atoms with Crippen molar-refractivity contribution in [1.29, 1.82) is 0 Å². The summed E-state index contributed by atoms with van der Waals surface area (Å²) < 4.78 is 13.2. The summed E-state index contributed by atoms with van der Waals surface area (Å²) in [5.41, 5.74) is 2.64. The van der Waals surface area contributed by atoms with E-state index in [0.717, 1.165) is 30.4 Å². The maximum Gasteiger partial charge on any atom is 0.123 e. The van der Waals surface area contributed by atoms with Crippen molar-refractivity contribution in [2.24, 2.45) is 0 Å². The van der Waals surface area contributed by atoms with Gasteiger partial charge in [0.05, 0.1) is 6.10 Å². The van der Waals surface area contributed by atoms with E-state index in [1.807, 2.05) is 25.1 Å². The lowest BCUT2D eigenvalue weighted by molar-refractivity contribution is 0.0263. The number of rotatable bonds is 3. The highest BCUT2D eigenvalue weighted by molar-refractivity contribution is 5.37. The van der Waals surface area contributed by atoms with E-state index in [9.17, 15) is 9.50 Å². The minimum absolute atomic E-state index is 0.205. The molecule has 2 heteroatoms. The summed E-state index contributed by atoms with van der Waals surface area (Å²) in [6.07, 6.45) is 2.52. The molecule has 1 aliphatic rings. The van der Waals surface area contributed by atoms with Crippen molar-refractivity contribution >= 4 is 0 Å². The van der Waals surface area contributed by atoms with E-state index in [2.05, 4.69) is 12.1 Å². The van der Waals surface area contributed by atoms with E-state index in [4.69, 9.17) is 0 Å². The highest BCUT2D eigenvalue weighted by atomic mass is 19.1. The number of hydrogen-bond acceptors (Lipinski definition) is 1. The van der Waals surface area contributed by atoms with Crippen LogP contribution < -0.4 is 0 Å². The molecule has 1 unspecified atom stereocenters. The summed E-state index contributed by atoms with van der Waals surface area (Å²) in [5, 5.41) is 10.9. The first-order valence-corrected chi connectivity index (χ1v) is 7.13. The van der Waals surface area contributed by atoms with Crippen molar-refractivity contribution in [1.82, 2.24) is 0 Å². The molecule has 1 aliphatic carbocycles. The molecule has 0 radical (unpaired) electrons. The van der Waals surface area contributed by atoms with Gasteiger partial charge in [0.1, 0.15) is 5.82 Å². The van der Waals surface area contributed by atoms with E-state index in [0.29, 0.717) is 0 Å². The molecule has 104 valence electrons. The summed E-state index contributed by atoms with van der Waals surface area (Å²) >= 11 is 0. The van der Waals surface area contributed by atoms with Gasteiger partial charge in [0, 0.05) is 5.41 Å². The molecule has 20 heavy (non-hydrogen) atoms. The lowest BCUT2D eigenvalue weighted by Crippen LogP contribution is -2.40. The molecule has 0 aliphatic heterocycles. The number of hydrogen-bond donors (Lipinski definition) is 1. The topological polar surface area (TPSA) is 20.2 Å². The second-order valence-electron chi connectivity index (χ2n) is 5.78. The van der Waals surface area contributed by atoms with Gasteiger partial charge in [0.25, 0.3) is 0 Å². The van der Waals surface area contributed by atoms with E-state index in [1.165, 1.54) is 17.7 Å². The van der Waals surface area contributed by atoms with Gasteiger partial charge >= 0.3 is 0 Å². The molecular formula is C18H19FO. The third-order valence-corrected chi connectivity index (χ3v) is 4.64. The fraction of sp³-hybridized carbons (Fsp3) is 0.333. The molecule has 1 N–H and O–H groups in total. The quantitative estimate of drug-likeness (QED) is 0.882.